The second-order valence-electron chi connectivity index (χ2n) is 2.90. The molecule has 0 bridgehead atoms. The summed E-state index contributed by atoms with van der Waals surface area (Å²) in [6.07, 6.45) is 0.867. The molecule has 0 aliphatic rings. The zero-order valence-electron chi connectivity index (χ0n) is 7.44. The molecule has 2 aromatic rings. The molecule has 14 heavy (non-hydrogen) atoms. The number of nitrogen functional groups attached to an aromatic ring is 1. The molecule has 3 heteroatoms. The Bertz CT molecular complexity index is 462. The topological polar surface area (TPSA) is 43.1 Å². The molecule has 2 nitrogen and oxygen atoms in total. The van der Waals surface area contributed by atoms with Crippen LogP contribution in [-0.2, 0) is 0 Å². The normalized spacial score (nSPS) is 10.0. The summed E-state index contributed by atoms with van der Waals surface area (Å²) in [5.74, 6) is 0. The standard InChI is InChI=1S/C11H9NOS/c12-10-4-2-1-3-8(10)9-5-6-14-11(9)7-13/h1-7H,12H2. The first-order chi connectivity index (χ1) is 6.83. The van der Waals surface area contributed by atoms with Crippen molar-refractivity contribution in [3.05, 3.63) is 40.6 Å². The summed E-state index contributed by atoms with van der Waals surface area (Å²) in [7, 11) is 0. The van der Waals surface area contributed by atoms with Gasteiger partial charge in [0.05, 0.1) is 4.88 Å². The highest BCUT2D eigenvalue weighted by molar-refractivity contribution is 7.12. The lowest BCUT2D eigenvalue weighted by molar-refractivity contribution is 0.112. The number of carbonyl (C=O) groups excluding carboxylic acids is 1. The zero-order valence-corrected chi connectivity index (χ0v) is 8.25. The molecule has 2 rings (SSSR count). The fourth-order valence-electron chi connectivity index (χ4n) is 1.38. The van der Waals surface area contributed by atoms with Crippen molar-refractivity contribution in [3.8, 4) is 11.1 Å². The van der Waals surface area contributed by atoms with Crippen LogP contribution in [0.1, 0.15) is 9.67 Å². The maximum atomic E-state index is 10.7. The Morgan fingerprint density at radius 2 is 1.93 bits per heavy atom. The van der Waals surface area contributed by atoms with Crippen molar-refractivity contribution in [3.63, 3.8) is 0 Å². The summed E-state index contributed by atoms with van der Waals surface area (Å²) >= 11 is 1.43. The van der Waals surface area contributed by atoms with Gasteiger partial charge in [-0.3, -0.25) is 4.79 Å². The van der Waals surface area contributed by atoms with Crippen molar-refractivity contribution >= 4 is 23.3 Å². The number of carbonyl (C=O) groups is 1. The summed E-state index contributed by atoms with van der Waals surface area (Å²) in [6.45, 7) is 0. The molecule has 0 amide bonds. The Hall–Kier alpha value is -1.61. The highest BCUT2D eigenvalue weighted by atomic mass is 32.1. The van der Waals surface area contributed by atoms with Crippen LogP contribution in [0.2, 0.25) is 0 Å². The van der Waals surface area contributed by atoms with Crippen LogP contribution in [0.5, 0.6) is 0 Å². The van der Waals surface area contributed by atoms with E-state index >= 15 is 0 Å². The van der Waals surface area contributed by atoms with Crippen LogP contribution in [0.3, 0.4) is 0 Å². The number of thiophene rings is 1. The van der Waals surface area contributed by atoms with E-state index in [2.05, 4.69) is 0 Å². The molecule has 2 N–H and O–H groups in total. The summed E-state index contributed by atoms with van der Waals surface area (Å²) in [5.41, 5.74) is 8.37. The molecule has 0 aliphatic heterocycles. The maximum absolute atomic E-state index is 10.7. The van der Waals surface area contributed by atoms with Gasteiger partial charge in [-0.25, -0.2) is 0 Å². The molecular weight excluding hydrogens is 194 g/mol. The van der Waals surface area contributed by atoms with Crippen LogP contribution in [0.15, 0.2) is 35.7 Å². The van der Waals surface area contributed by atoms with Crippen molar-refractivity contribution < 1.29 is 4.79 Å². The number of nitrogens with two attached hydrogens (primary N) is 1. The molecule has 1 aromatic carbocycles. The molecule has 0 radical (unpaired) electrons. The Labute approximate surface area is 86.0 Å². The third-order valence-electron chi connectivity index (χ3n) is 2.05. The molecule has 0 spiro atoms. The van der Waals surface area contributed by atoms with Gasteiger partial charge in [0.15, 0.2) is 6.29 Å². The molecule has 1 heterocycles. The van der Waals surface area contributed by atoms with Crippen LogP contribution in [0, 0.1) is 0 Å². The fourth-order valence-corrected chi connectivity index (χ4v) is 2.09. The molecule has 0 fully saturated rings. The molecule has 0 aliphatic carbocycles. The van der Waals surface area contributed by atoms with Crippen molar-refractivity contribution in [2.45, 2.75) is 0 Å². The monoisotopic (exact) mass is 203 g/mol. The largest absolute Gasteiger partial charge is 0.398 e. The van der Waals surface area contributed by atoms with Gasteiger partial charge in [-0.15, -0.1) is 11.3 Å². The highest BCUT2D eigenvalue weighted by Crippen LogP contribution is 2.30. The number of hydrogen-bond donors (Lipinski definition) is 1. The zero-order chi connectivity index (χ0) is 9.97. The van der Waals surface area contributed by atoms with Gasteiger partial charge < -0.3 is 5.73 Å². The molecule has 0 atom stereocenters. The van der Waals surface area contributed by atoms with Crippen LogP contribution < -0.4 is 5.73 Å². The predicted molar refractivity (Wildman–Crippen MR) is 59.6 cm³/mol. The first kappa shape index (κ1) is 8.97. The van der Waals surface area contributed by atoms with Crippen molar-refractivity contribution in [1.29, 1.82) is 0 Å². The smallest absolute Gasteiger partial charge is 0.160 e. The van der Waals surface area contributed by atoms with Crippen LogP contribution in [-0.4, -0.2) is 6.29 Å². The van der Waals surface area contributed by atoms with Gasteiger partial charge in [0.2, 0.25) is 0 Å². The predicted octanol–water partition coefficient (Wildman–Crippen LogP) is 2.81. The number of rotatable bonds is 2. The highest BCUT2D eigenvalue weighted by Gasteiger charge is 2.07. The van der Waals surface area contributed by atoms with E-state index in [1.54, 1.807) is 0 Å². The number of hydrogen-bond acceptors (Lipinski definition) is 3. The number of anilines is 1. The molecule has 1 aromatic heterocycles. The molecule has 0 saturated heterocycles. The van der Waals surface area contributed by atoms with Gasteiger partial charge in [-0.2, -0.15) is 0 Å². The lowest BCUT2D eigenvalue weighted by Gasteiger charge is -2.03. The quantitative estimate of drug-likeness (QED) is 0.602. The molecule has 0 saturated carbocycles. The van der Waals surface area contributed by atoms with E-state index in [0.29, 0.717) is 5.69 Å². The van der Waals surface area contributed by atoms with E-state index in [4.69, 9.17) is 5.73 Å². The van der Waals surface area contributed by atoms with Crippen molar-refractivity contribution in [2.24, 2.45) is 0 Å². The van der Waals surface area contributed by atoms with E-state index in [1.807, 2.05) is 35.7 Å². The first-order valence-corrected chi connectivity index (χ1v) is 5.08. The van der Waals surface area contributed by atoms with Gasteiger partial charge in [-0.1, -0.05) is 18.2 Å². The number of benzene rings is 1. The van der Waals surface area contributed by atoms with E-state index in [0.717, 1.165) is 22.3 Å². The third-order valence-corrected chi connectivity index (χ3v) is 2.90. The van der Waals surface area contributed by atoms with Crippen LogP contribution >= 0.6 is 11.3 Å². The van der Waals surface area contributed by atoms with Gasteiger partial charge >= 0.3 is 0 Å². The second-order valence-corrected chi connectivity index (χ2v) is 3.85. The van der Waals surface area contributed by atoms with Crippen molar-refractivity contribution in [2.75, 3.05) is 5.73 Å². The summed E-state index contributed by atoms with van der Waals surface area (Å²) in [4.78, 5) is 11.5. The maximum Gasteiger partial charge on any atom is 0.160 e. The van der Waals surface area contributed by atoms with E-state index < -0.39 is 0 Å². The SMILES string of the molecule is Nc1ccccc1-c1ccsc1C=O. The minimum atomic E-state index is 0.703. The minimum Gasteiger partial charge on any atom is -0.398 e. The van der Waals surface area contributed by atoms with Crippen LogP contribution in [0.4, 0.5) is 5.69 Å². The lowest BCUT2D eigenvalue weighted by atomic mass is 10.1. The number of aldehydes is 1. The molecular formula is C11H9NOS. The summed E-state index contributed by atoms with van der Waals surface area (Å²) in [6, 6.07) is 9.47. The fraction of sp³-hybridized carbons (Fsp3) is 0. The Morgan fingerprint density at radius 3 is 2.64 bits per heavy atom. The van der Waals surface area contributed by atoms with E-state index in [1.165, 1.54) is 11.3 Å². The number of para-hydroxylation sites is 1. The third kappa shape index (κ3) is 1.42. The van der Waals surface area contributed by atoms with E-state index in [9.17, 15) is 4.79 Å². The first-order valence-electron chi connectivity index (χ1n) is 4.20. The van der Waals surface area contributed by atoms with Gasteiger partial charge in [0.1, 0.15) is 0 Å². The lowest BCUT2D eigenvalue weighted by Crippen LogP contribution is -1.89. The Balaban J connectivity index is 2.60. The van der Waals surface area contributed by atoms with E-state index in [-0.39, 0.29) is 0 Å². The minimum absolute atomic E-state index is 0.703. The summed E-state index contributed by atoms with van der Waals surface area (Å²) < 4.78 is 0. The Morgan fingerprint density at radius 1 is 1.14 bits per heavy atom. The van der Waals surface area contributed by atoms with Gasteiger partial charge in [0.25, 0.3) is 0 Å². The van der Waals surface area contributed by atoms with Crippen LogP contribution in [0.25, 0.3) is 11.1 Å². The average molecular weight is 203 g/mol. The molecule has 0 unspecified atom stereocenters. The summed E-state index contributed by atoms with van der Waals surface area (Å²) in [5, 5.41) is 1.89. The average Bonchev–Trinajstić information content (AvgIpc) is 2.66. The van der Waals surface area contributed by atoms with Gasteiger partial charge in [0, 0.05) is 16.8 Å². The second kappa shape index (κ2) is 3.64. The van der Waals surface area contributed by atoms with Crippen molar-refractivity contribution in [1.82, 2.24) is 0 Å². The van der Waals surface area contributed by atoms with Gasteiger partial charge in [-0.05, 0) is 17.5 Å². The Kier molecular flexibility index (Phi) is 2.33. The molecule has 70 valence electrons.